The third-order valence-corrected chi connectivity index (χ3v) is 7.57. The summed E-state index contributed by atoms with van der Waals surface area (Å²) in [5, 5.41) is 3.29. The number of benzene rings is 3. The molecule has 0 aliphatic rings. The lowest BCUT2D eigenvalue weighted by Crippen LogP contribution is -2.42. The third kappa shape index (κ3) is 6.61. The normalized spacial score (nSPS) is 11.0. The minimum Gasteiger partial charge on any atom is -0.497 e. The van der Waals surface area contributed by atoms with E-state index in [1.165, 1.54) is 32.4 Å². The summed E-state index contributed by atoms with van der Waals surface area (Å²) in [4.78, 5) is 12.9. The summed E-state index contributed by atoms with van der Waals surface area (Å²) in [5.74, 6) is 0.755. The summed E-state index contributed by atoms with van der Waals surface area (Å²) in [5.41, 5.74) is 2.02. The maximum absolute atomic E-state index is 13.6. The first-order chi connectivity index (χ1) is 17.1. The van der Waals surface area contributed by atoms with Crippen molar-refractivity contribution >= 4 is 33.2 Å². The molecule has 0 saturated carbocycles. The van der Waals surface area contributed by atoms with E-state index in [1.807, 2.05) is 19.9 Å². The van der Waals surface area contributed by atoms with Gasteiger partial charge in [-0.25, -0.2) is 8.42 Å². The zero-order valence-corrected chi connectivity index (χ0v) is 22.2. The van der Waals surface area contributed by atoms with Crippen LogP contribution in [-0.2, 0) is 14.8 Å². The van der Waals surface area contributed by atoms with Crippen molar-refractivity contribution in [2.45, 2.75) is 18.7 Å². The second kappa shape index (κ2) is 12.0. The molecule has 0 atom stereocenters. The van der Waals surface area contributed by atoms with Gasteiger partial charge in [0.15, 0.2) is 0 Å². The van der Waals surface area contributed by atoms with E-state index in [4.69, 9.17) is 25.8 Å². The number of halogens is 1. The van der Waals surface area contributed by atoms with Crippen molar-refractivity contribution in [2.75, 3.05) is 38.2 Å². The van der Waals surface area contributed by atoms with Crippen LogP contribution in [0.25, 0.3) is 0 Å². The summed E-state index contributed by atoms with van der Waals surface area (Å²) in [6.07, 6.45) is 0. The second-order valence-corrected chi connectivity index (χ2v) is 10.2. The van der Waals surface area contributed by atoms with Crippen LogP contribution in [-0.4, -0.2) is 48.2 Å². The Balaban J connectivity index is 1.80. The Labute approximate surface area is 216 Å². The fourth-order valence-corrected chi connectivity index (χ4v) is 4.93. The number of nitrogens with one attached hydrogen (secondary N) is 1. The molecule has 0 fully saturated rings. The number of methoxy groups -OCH3 is 2. The van der Waals surface area contributed by atoms with Gasteiger partial charge in [-0.3, -0.25) is 9.10 Å². The Morgan fingerprint density at radius 3 is 2.28 bits per heavy atom. The summed E-state index contributed by atoms with van der Waals surface area (Å²) in [6, 6.07) is 16.5. The van der Waals surface area contributed by atoms with Crippen molar-refractivity contribution in [3.05, 3.63) is 76.8 Å². The summed E-state index contributed by atoms with van der Waals surface area (Å²) in [7, 11) is -1.22. The van der Waals surface area contributed by atoms with Gasteiger partial charge in [0, 0.05) is 11.1 Å². The van der Waals surface area contributed by atoms with Crippen LogP contribution in [0, 0.1) is 13.8 Å². The molecule has 0 aromatic heterocycles. The Morgan fingerprint density at radius 1 is 0.944 bits per heavy atom. The minimum atomic E-state index is -4.11. The topological polar surface area (TPSA) is 94.2 Å². The molecule has 0 aliphatic carbocycles. The molecule has 3 rings (SSSR count). The van der Waals surface area contributed by atoms with Crippen molar-refractivity contribution in [2.24, 2.45) is 0 Å². The molecular formula is C26H29ClN2O6S. The number of anilines is 1. The molecule has 0 unspecified atom stereocenters. The zero-order valence-electron chi connectivity index (χ0n) is 20.6. The number of hydrogen-bond donors (Lipinski definition) is 1. The van der Waals surface area contributed by atoms with Crippen molar-refractivity contribution in [3.8, 4) is 17.2 Å². The van der Waals surface area contributed by atoms with Gasteiger partial charge in [0.2, 0.25) is 5.91 Å². The summed E-state index contributed by atoms with van der Waals surface area (Å²) >= 11 is 6.11. The molecular weight excluding hydrogens is 504 g/mol. The van der Waals surface area contributed by atoms with Gasteiger partial charge in [0.1, 0.15) is 30.4 Å². The van der Waals surface area contributed by atoms with E-state index in [9.17, 15) is 13.2 Å². The number of ether oxygens (including phenoxy) is 3. The lowest BCUT2D eigenvalue weighted by molar-refractivity contribution is -0.119. The number of sulfonamides is 1. The van der Waals surface area contributed by atoms with Crippen LogP contribution in [0.4, 0.5) is 5.69 Å². The van der Waals surface area contributed by atoms with Gasteiger partial charge in [-0.2, -0.15) is 0 Å². The van der Waals surface area contributed by atoms with Gasteiger partial charge < -0.3 is 19.5 Å². The highest BCUT2D eigenvalue weighted by molar-refractivity contribution is 7.92. The number of amides is 1. The van der Waals surface area contributed by atoms with E-state index in [0.717, 1.165) is 15.4 Å². The highest BCUT2D eigenvalue weighted by Gasteiger charge is 2.30. The van der Waals surface area contributed by atoms with Gasteiger partial charge >= 0.3 is 0 Å². The Bertz CT molecular complexity index is 1310. The van der Waals surface area contributed by atoms with Crippen molar-refractivity contribution in [1.29, 1.82) is 0 Å². The molecule has 3 aromatic carbocycles. The monoisotopic (exact) mass is 532 g/mol. The average Bonchev–Trinajstić information content (AvgIpc) is 2.87. The predicted octanol–water partition coefficient (Wildman–Crippen LogP) is 4.36. The molecule has 0 bridgehead atoms. The fourth-order valence-electron chi connectivity index (χ4n) is 3.34. The SMILES string of the molecule is COc1ccc(OC)c(N(CC(=O)NCCOc2ccc(C)c(Cl)c2)S(=O)(=O)c2ccc(C)cc2)c1. The number of carbonyl (C=O) groups is 1. The molecule has 0 spiro atoms. The van der Waals surface area contributed by atoms with Crippen LogP contribution in [0.2, 0.25) is 5.02 Å². The molecule has 0 heterocycles. The zero-order chi connectivity index (χ0) is 26.3. The predicted molar refractivity (Wildman–Crippen MR) is 140 cm³/mol. The maximum atomic E-state index is 13.6. The molecule has 0 saturated heterocycles. The summed E-state index contributed by atoms with van der Waals surface area (Å²) in [6.45, 7) is 3.62. The molecule has 0 aliphatic heterocycles. The minimum absolute atomic E-state index is 0.0466. The maximum Gasteiger partial charge on any atom is 0.264 e. The van der Waals surface area contributed by atoms with Crippen LogP contribution in [0.5, 0.6) is 17.2 Å². The molecule has 8 nitrogen and oxygen atoms in total. The van der Waals surface area contributed by atoms with E-state index in [2.05, 4.69) is 5.32 Å². The van der Waals surface area contributed by atoms with Gasteiger partial charge in [0.25, 0.3) is 10.0 Å². The number of aryl methyl sites for hydroxylation is 2. The Hall–Kier alpha value is -3.43. The smallest absolute Gasteiger partial charge is 0.264 e. The fraction of sp³-hybridized carbons (Fsp3) is 0.269. The highest BCUT2D eigenvalue weighted by Crippen LogP contribution is 2.35. The number of carbonyl (C=O) groups excluding carboxylic acids is 1. The molecule has 10 heteroatoms. The molecule has 1 amide bonds. The number of hydrogen-bond acceptors (Lipinski definition) is 6. The molecule has 36 heavy (non-hydrogen) atoms. The second-order valence-electron chi connectivity index (χ2n) is 7.97. The highest BCUT2D eigenvalue weighted by atomic mass is 35.5. The van der Waals surface area contributed by atoms with Crippen LogP contribution in [0.3, 0.4) is 0 Å². The number of nitrogens with zero attached hydrogens (tertiary/aromatic N) is 1. The van der Waals surface area contributed by atoms with Crippen LogP contribution < -0.4 is 23.8 Å². The van der Waals surface area contributed by atoms with Crippen LogP contribution >= 0.6 is 11.6 Å². The first-order valence-corrected chi connectivity index (χ1v) is 12.9. The number of rotatable bonds is 11. The molecule has 0 radical (unpaired) electrons. The van der Waals surface area contributed by atoms with Crippen molar-refractivity contribution in [1.82, 2.24) is 5.32 Å². The van der Waals surface area contributed by atoms with Crippen LogP contribution in [0.15, 0.2) is 65.6 Å². The standard InChI is InChI=1S/C26H29ClN2O6S/c1-18-5-10-22(11-6-18)36(31,32)29(24-16-20(33-3)9-12-25(24)34-4)17-26(30)28-13-14-35-21-8-7-19(2)23(27)15-21/h5-12,15-16H,13-14,17H2,1-4H3,(H,28,30). The van der Waals surface area contributed by atoms with Gasteiger partial charge in [0.05, 0.1) is 31.3 Å². The van der Waals surface area contributed by atoms with E-state index in [1.54, 1.807) is 36.4 Å². The van der Waals surface area contributed by atoms with Gasteiger partial charge in [-0.05, 0) is 55.8 Å². The van der Waals surface area contributed by atoms with E-state index in [0.29, 0.717) is 16.5 Å². The quantitative estimate of drug-likeness (QED) is 0.369. The Morgan fingerprint density at radius 2 is 1.64 bits per heavy atom. The molecule has 3 aromatic rings. The Kier molecular flexibility index (Phi) is 9.06. The average molecular weight is 533 g/mol. The lowest BCUT2D eigenvalue weighted by Gasteiger charge is -2.26. The van der Waals surface area contributed by atoms with Crippen molar-refractivity contribution in [3.63, 3.8) is 0 Å². The van der Waals surface area contributed by atoms with Gasteiger partial charge in [-0.1, -0.05) is 35.4 Å². The lowest BCUT2D eigenvalue weighted by atomic mass is 10.2. The van der Waals surface area contributed by atoms with E-state index in [-0.39, 0.29) is 29.5 Å². The van der Waals surface area contributed by atoms with Crippen molar-refractivity contribution < 1.29 is 27.4 Å². The molecule has 1 N–H and O–H groups in total. The first-order valence-electron chi connectivity index (χ1n) is 11.1. The third-order valence-electron chi connectivity index (χ3n) is 5.39. The first kappa shape index (κ1) is 27.2. The largest absolute Gasteiger partial charge is 0.497 e. The van der Waals surface area contributed by atoms with E-state index < -0.39 is 22.5 Å². The van der Waals surface area contributed by atoms with Crippen LogP contribution in [0.1, 0.15) is 11.1 Å². The van der Waals surface area contributed by atoms with E-state index >= 15 is 0 Å². The van der Waals surface area contributed by atoms with Gasteiger partial charge in [-0.15, -0.1) is 0 Å². The molecule has 192 valence electrons. The summed E-state index contributed by atoms with van der Waals surface area (Å²) < 4.78 is 44.6.